The van der Waals surface area contributed by atoms with Crippen molar-refractivity contribution in [2.24, 2.45) is 0 Å². The summed E-state index contributed by atoms with van der Waals surface area (Å²) in [5.41, 5.74) is 1.32. The van der Waals surface area contributed by atoms with Crippen molar-refractivity contribution in [1.82, 2.24) is 10.2 Å². The molecule has 1 N–H and O–H groups in total. The molecule has 0 radical (unpaired) electrons. The maximum Gasteiger partial charge on any atom is 0.324 e. The lowest BCUT2D eigenvalue weighted by Crippen LogP contribution is -2.46. The highest BCUT2D eigenvalue weighted by atomic mass is 16.5. The SMILES string of the molecule is CCCNC(CN(C)CCc1ccccc1)C(=O)OCC. The summed E-state index contributed by atoms with van der Waals surface area (Å²) >= 11 is 0. The Morgan fingerprint density at radius 3 is 2.62 bits per heavy atom. The van der Waals surface area contributed by atoms with Gasteiger partial charge >= 0.3 is 5.97 Å². The number of nitrogens with one attached hydrogen (secondary N) is 1. The standard InChI is InChI=1S/C17H28N2O2/c1-4-12-18-16(17(20)21-5-2)14-19(3)13-11-15-9-7-6-8-10-15/h6-10,16,18H,4-5,11-14H2,1-3H3. The van der Waals surface area contributed by atoms with Gasteiger partial charge in [-0.3, -0.25) is 4.79 Å². The molecule has 0 aliphatic heterocycles. The maximum atomic E-state index is 11.9. The van der Waals surface area contributed by atoms with Crippen LogP contribution in [-0.2, 0) is 16.0 Å². The highest BCUT2D eigenvalue weighted by molar-refractivity contribution is 5.76. The molecule has 0 bridgehead atoms. The lowest BCUT2D eigenvalue weighted by atomic mass is 10.1. The summed E-state index contributed by atoms with van der Waals surface area (Å²) in [5, 5.41) is 3.27. The molecule has 0 heterocycles. The third-order valence-corrected chi connectivity index (χ3v) is 3.33. The zero-order chi connectivity index (χ0) is 15.5. The van der Waals surface area contributed by atoms with E-state index in [1.54, 1.807) is 0 Å². The molecule has 0 saturated carbocycles. The molecule has 1 atom stereocenters. The van der Waals surface area contributed by atoms with Gasteiger partial charge in [-0.1, -0.05) is 37.3 Å². The van der Waals surface area contributed by atoms with Crippen LogP contribution in [0.5, 0.6) is 0 Å². The molecular formula is C17H28N2O2. The molecule has 1 aromatic carbocycles. The zero-order valence-electron chi connectivity index (χ0n) is 13.5. The van der Waals surface area contributed by atoms with Gasteiger partial charge in [-0.05, 0) is 38.9 Å². The Hall–Kier alpha value is -1.39. The van der Waals surface area contributed by atoms with Crippen molar-refractivity contribution in [2.75, 3.05) is 33.3 Å². The topological polar surface area (TPSA) is 41.6 Å². The molecule has 0 amide bonds. The fourth-order valence-electron chi connectivity index (χ4n) is 2.15. The second-order valence-electron chi connectivity index (χ2n) is 5.26. The van der Waals surface area contributed by atoms with E-state index in [0.29, 0.717) is 13.2 Å². The van der Waals surface area contributed by atoms with E-state index < -0.39 is 0 Å². The minimum atomic E-state index is -0.245. The van der Waals surface area contributed by atoms with Crippen molar-refractivity contribution in [3.8, 4) is 0 Å². The molecule has 4 heteroatoms. The van der Waals surface area contributed by atoms with Crippen LogP contribution in [0.2, 0.25) is 0 Å². The lowest BCUT2D eigenvalue weighted by Gasteiger charge is -2.23. The summed E-state index contributed by atoms with van der Waals surface area (Å²) in [4.78, 5) is 14.1. The Bertz CT molecular complexity index is 395. The van der Waals surface area contributed by atoms with Crippen molar-refractivity contribution in [2.45, 2.75) is 32.7 Å². The van der Waals surface area contributed by atoms with Gasteiger partial charge in [0.1, 0.15) is 6.04 Å². The average Bonchev–Trinajstić information content (AvgIpc) is 2.50. The van der Waals surface area contributed by atoms with Crippen molar-refractivity contribution in [3.05, 3.63) is 35.9 Å². The number of likely N-dealkylation sites (N-methyl/N-ethyl adjacent to an activating group) is 1. The number of ether oxygens (including phenoxy) is 1. The Balaban J connectivity index is 2.43. The van der Waals surface area contributed by atoms with Crippen LogP contribution in [0.15, 0.2) is 30.3 Å². The van der Waals surface area contributed by atoms with E-state index in [-0.39, 0.29) is 12.0 Å². The molecule has 0 aliphatic rings. The average molecular weight is 292 g/mol. The van der Waals surface area contributed by atoms with Gasteiger partial charge in [-0.25, -0.2) is 0 Å². The fourth-order valence-corrected chi connectivity index (χ4v) is 2.15. The molecular weight excluding hydrogens is 264 g/mol. The van der Waals surface area contributed by atoms with Gasteiger partial charge in [-0.15, -0.1) is 0 Å². The van der Waals surface area contributed by atoms with Crippen LogP contribution in [0.1, 0.15) is 25.8 Å². The van der Waals surface area contributed by atoms with Crippen LogP contribution in [-0.4, -0.2) is 50.2 Å². The highest BCUT2D eigenvalue weighted by Crippen LogP contribution is 2.02. The molecule has 0 spiro atoms. The second kappa shape index (κ2) is 10.4. The second-order valence-corrected chi connectivity index (χ2v) is 5.26. The van der Waals surface area contributed by atoms with Gasteiger partial charge in [0.15, 0.2) is 0 Å². The first-order valence-corrected chi connectivity index (χ1v) is 7.79. The molecule has 0 fully saturated rings. The minimum absolute atomic E-state index is 0.155. The zero-order valence-corrected chi connectivity index (χ0v) is 13.5. The number of hydrogen-bond acceptors (Lipinski definition) is 4. The molecule has 1 aromatic rings. The van der Waals surface area contributed by atoms with Crippen LogP contribution in [0, 0.1) is 0 Å². The minimum Gasteiger partial charge on any atom is -0.465 e. The predicted octanol–water partition coefficient (Wildman–Crippen LogP) is 2.09. The number of nitrogens with zero attached hydrogens (tertiary/aromatic N) is 1. The third-order valence-electron chi connectivity index (χ3n) is 3.33. The van der Waals surface area contributed by atoms with Crippen LogP contribution in [0.25, 0.3) is 0 Å². The van der Waals surface area contributed by atoms with E-state index in [9.17, 15) is 4.79 Å². The molecule has 4 nitrogen and oxygen atoms in total. The first-order valence-electron chi connectivity index (χ1n) is 7.79. The van der Waals surface area contributed by atoms with Crippen molar-refractivity contribution < 1.29 is 9.53 Å². The summed E-state index contributed by atoms with van der Waals surface area (Å²) in [6.45, 7) is 6.79. The van der Waals surface area contributed by atoms with E-state index in [0.717, 1.165) is 25.9 Å². The number of carbonyl (C=O) groups is 1. The third kappa shape index (κ3) is 7.25. The molecule has 1 rings (SSSR count). The smallest absolute Gasteiger partial charge is 0.324 e. The maximum absolute atomic E-state index is 11.9. The number of esters is 1. The predicted molar refractivity (Wildman–Crippen MR) is 86.4 cm³/mol. The summed E-state index contributed by atoms with van der Waals surface area (Å²) in [6, 6.07) is 10.2. The summed E-state index contributed by atoms with van der Waals surface area (Å²) < 4.78 is 5.14. The van der Waals surface area contributed by atoms with E-state index in [2.05, 4.69) is 41.4 Å². The van der Waals surface area contributed by atoms with Crippen LogP contribution in [0.4, 0.5) is 0 Å². The Labute approximate surface area is 128 Å². The molecule has 0 saturated heterocycles. The van der Waals surface area contributed by atoms with E-state index in [1.807, 2.05) is 20.0 Å². The monoisotopic (exact) mass is 292 g/mol. The number of hydrogen-bond donors (Lipinski definition) is 1. The fraction of sp³-hybridized carbons (Fsp3) is 0.588. The molecule has 0 aromatic heterocycles. The van der Waals surface area contributed by atoms with Crippen molar-refractivity contribution in [3.63, 3.8) is 0 Å². The van der Waals surface area contributed by atoms with E-state index in [4.69, 9.17) is 4.74 Å². The van der Waals surface area contributed by atoms with Gasteiger partial charge in [-0.2, -0.15) is 0 Å². The molecule has 0 aliphatic carbocycles. The Morgan fingerprint density at radius 2 is 2.00 bits per heavy atom. The van der Waals surface area contributed by atoms with E-state index >= 15 is 0 Å². The van der Waals surface area contributed by atoms with Crippen LogP contribution >= 0.6 is 0 Å². The number of rotatable bonds is 10. The Kier molecular flexibility index (Phi) is 8.71. The highest BCUT2D eigenvalue weighted by Gasteiger charge is 2.20. The summed E-state index contributed by atoms with van der Waals surface area (Å²) in [6.07, 6.45) is 1.99. The van der Waals surface area contributed by atoms with Crippen molar-refractivity contribution in [1.29, 1.82) is 0 Å². The van der Waals surface area contributed by atoms with Crippen molar-refractivity contribution >= 4 is 5.97 Å². The molecule has 1 unspecified atom stereocenters. The Morgan fingerprint density at radius 1 is 1.29 bits per heavy atom. The largest absolute Gasteiger partial charge is 0.465 e. The normalized spacial score (nSPS) is 12.4. The number of benzene rings is 1. The quantitative estimate of drug-likeness (QED) is 0.671. The van der Waals surface area contributed by atoms with Gasteiger partial charge in [0.2, 0.25) is 0 Å². The lowest BCUT2D eigenvalue weighted by molar-refractivity contribution is -0.146. The van der Waals surface area contributed by atoms with Gasteiger partial charge < -0.3 is 15.0 Å². The molecule has 21 heavy (non-hydrogen) atoms. The van der Waals surface area contributed by atoms with Gasteiger partial charge in [0.05, 0.1) is 6.61 Å². The van der Waals surface area contributed by atoms with E-state index in [1.165, 1.54) is 5.56 Å². The van der Waals surface area contributed by atoms with Crippen LogP contribution < -0.4 is 5.32 Å². The van der Waals surface area contributed by atoms with Crippen LogP contribution in [0.3, 0.4) is 0 Å². The van der Waals surface area contributed by atoms with Gasteiger partial charge in [0, 0.05) is 13.1 Å². The first-order chi connectivity index (χ1) is 10.2. The summed E-state index contributed by atoms with van der Waals surface area (Å²) in [7, 11) is 2.04. The first kappa shape index (κ1) is 17.7. The number of carbonyl (C=O) groups excluding carboxylic acids is 1. The molecule has 118 valence electrons. The summed E-state index contributed by atoms with van der Waals surface area (Å²) in [5.74, 6) is -0.155. The van der Waals surface area contributed by atoms with Gasteiger partial charge in [0.25, 0.3) is 0 Å².